The van der Waals surface area contributed by atoms with E-state index in [0.717, 1.165) is 38.8 Å². The third kappa shape index (κ3) is 7.91. The minimum absolute atomic E-state index is 0.109. The van der Waals surface area contributed by atoms with E-state index in [4.69, 9.17) is 4.74 Å². The van der Waals surface area contributed by atoms with Gasteiger partial charge in [-0.15, -0.1) is 6.58 Å². The van der Waals surface area contributed by atoms with Crippen LogP contribution < -0.4 is 0 Å². The second-order valence-electron chi connectivity index (χ2n) is 5.36. The van der Waals surface area contributed by atoms with Gasteiger partial charge in [-0.05, 0) is 32.1 Å². The molecule has 0 spiro atoms. The Morgan fingerprint density at radius 3 is 2.47 bits per heavy atom. The van der Waals surface area contributed by atoms with Crippen LogP contribution in [0.25, 0.3) is 0 Å². The van der Waals surface area contributed by atoms with Crippen molar-refractivity contribution >= 4 is 6.09 Å². The van der Waals surface area contributed by atoms with Gasteiger partial charge >= 0.3 is 6.09 Å². The second kappa shape index (κ2) is 10.9. The second-order valence-corrected chi connectivity index (χ2v) is 5.36. The van der Waals surface area contributed by atoms with Gasteiger partial charge < -0.3 is 9.64 Å². The fourth-order valence-corrected chi connectivity index (χ4v) is 2.43. The Morgan fingerprint density at radius 2 is 1.74 bits per heavy atom. The summed E-state index contributed by atoms with van der Waals surface area (Å²) >= 11 is 0. The zero-order valence-electron chi connectivity index (χ0n) is 12.2. The van der Waals surface area contributed by atoms with Crippen molar-refractivity contribution in [3.63, 3.8) is 0 Å². The molecule has 3 heteroatoms. The number of amides is 1. The van der Waals surface area contributed by atoms with E-state index in [-0.39, 0.29) is 6.09 Å². The van der Waals surface area contributed by atoms with Gasteiger partial charge in [-0.2, -0.15) is 0 Å². The summed E-state index contributed by atoms with van der Waals surface area (Å²) in [5, 5.41) is 0. The lowest BCUT2D eigenvalue weighted by atomic mass is 10.1. The monoisotopic (exact) mass is 267 g/mol. The van der Waals surface area contributed by atoms with Crippen LogP contribution in [0.4, 0.5) is 4.79 Å². The summed E-state index contributed by atoms with van der Waals surface area (Å²) < 4.78 is 5.13. The Bertz CT molecular complexity index is 253. The Kier molecular flexibility index (Phi) is 9.21. The first-order valence-corrected chi connectivity index (χ1v) is 7.87. The molecule has 0 N–H and O–H groups in total. The van der Waals surface area contributed by atoms with Crippen LogP contribution in [0, 0.1) is 0 Å². The number of allylic oxidation sites excluding steroid dienone is 1. The molecule has 0 atom stereocenters. The van der Waals surface area contributed by atoms with Gasteiger partial charge in [-0.25, -0.2) is 4.79 Å². The van der Waals surface area contributed by atoms with Gasteiger partial charge in [0, 0.05) is 13.1 Å². The molecule has 1 fully saturated rings. The van der Waals surface area contributed by atoms with Gasteiger partial charge in [0.2, 0.25) is 0 Å². The molecule has 0 aromatic heterocycles. The molecule has 1 aliphatic rings. The van der Waals surface area contributed by atoms with Gasteiger partial charge in [-0.1, -0.05) is 38.2 Å². The van der Waals surface area contributed by atoms with E-state index in [1.165, 1.54) is 38.5 Å². The van der Waals surface area contributed by atoms with E-state index < -0.39 is 0 Å². The molecule has 1 rings (SSSR count). The average molecular weight is 267 g/mol. The summed E-state index contributed by atoms with van der Waals surface area (Å²) in [6, 6.07) is 0. The third-order valence-corrected chi connectivity index (χ3v) is 3.64. The summed E-state index contributed by atoms with van der Waals surface area (Å²) in [4.78, 5) is 13.4. The summed E-state index contributed by atoms with van der Waals surface area (Å²) in [5.74, 6) is 0. The number of carbonyl (C=O) groups is 1. The van der Waals surface area contributed by atoms with E-state index in [1.807, 2.05) is 11.0 Å². The van der Waals surface area contributed by atoms with E-state index in [0.29, 0.717) is 6.61 Å². The summed E-state index contributed by atoms with van der Waals surface area (Å²) in [6.07, 6.45) is 14.0. The Balaban J connectivity index is 1.92. The fraction of sp³-hybridized carbons (Fsp3) is 0.812. The zero-order valence-corrected chi connectivity index (χ0v) is 12.2. The largest absolute Gasteiger partial charge is 0.449 e. The van der Waals surface area contributed by atoms with Crippen LogP contribution in [0.1, 0.15) is 64.2 Å². The normalized spacial score (nSPS) is 16.0. The molecule has 110 valence electrons. The molecule has 0 saturated carbocycles. The number of cyclic esters (lactones) is 1. The third-order valence-electron chi connectivity index (χ3n) is 3.64. The highest BCUT2D eigenvalue weighted by Gasteiger charge is 2.16. The van der Waals surface area contributed by atoms with Crippen LogP contribution in [0.15, 0.2) is 12.7 Å². The number of ether oxygens (including phenoxy) is 1. The molecule has 1 heterocycles. The summed E-state index contributed by atoms with van der Waals surface area (Å²) in [7, 11) is 0. The lowest BCUT2D eigenvalue weighted by Crippen LogP contribution is -2.31. The van der Waals surface area contributed by atoms with Gasteiger partial charge in [0.1, 0.15) is 0 Å². The smallest absolute Gasteiger partial charge is 0.409 e. The highest BCUT2D eigenvalue weighted by atomic mass is 16.6. The molecule has 1 saturated heterocycles. The first-order chi connectivity index (χ1) is 9.34. The van der Waals surface area contributed by atoms with Crippen molar-refractivity contribution < 1.29 is 9.53 Å². The number of hydrogen-bond donors (Lipinski definition) is 0. The van der Waals surface area contributed by atoms with Gasteiger partial charge in [-0.3, -0.25) is 0 Å². The van der Waals surface area contributed by atoms with Crippen molar-refractivity contribution in [2.45, 2.75) is 64.2 Å². The molecule has 0 aromatic rings. The lowest BCUT2D eigenvalue weighted by molar-refractivity contribution is 0.115. The standard InChI is InChI=1S/C16H29NO2/c1-2-3-4-5-6-7-8-9-10-13-17-14-11-12-15-19-16(17)18/h2H,1,3-15H2. The molecule has 1 aliphatic heterocycles. The fourth-order valence-electron chi connectivity index (χ4n) is 2.43. The van der Waals surface area contributed by atoms with E-state index in [1.54, 1.807) is 0 Å². The van der Waals surface area contributed by atoms with Crippen LogP contribution in [0.5, 0.6) is 0 Å². The SMILES string of the molecule is C=CCCCCCCCCCN1CCCCOC1=O. The maximum absolute atomic E-state index is 11.6. The minimum Gasteiger partial charge on any atom is -0.449 e. The quantitative estimate of drug-likeness (QED) is 0.430. The zero-order chi connectivity index (χ0) is 13.8. The number of rotatable bonds is 10. The number of unbranched alkanes of at least 4 members (excludes halogenated alkanes) is 7. The molecule has 0 radical (unpaired) electrons. The van der Waals surface area contributed by atoms with Crippen molar-refractivity contribution in [1.82, 2.24) is 4.90 Å². The number of hydrogen-bond acceptors (Lipinski definition) is 2. The summed E-state index contributed by atoms with van der Waals surface area (Å²) in [5.41, 5.74) is 0. The van der Waals surface area contributed by atoms with E-state index in [2.05, 4.69) is 6.58 Å². The molecule has 0 aliphatic carbocycles. The average Bonchev–Trinajstić information content (AvgIpc) is 2.62. The predicted octanol–water partition coefficient (Wildman–Crippen LogP) is 4.53. The molecule has 3 nitrogen and oxygen atoms in total. The van der Waals surface area contributed by atoms with Crippen LogP contribution in [0.2, 0.25) is 0 Å². The van der Waals surface area contributed by atoms with Crippen molar-refractivity contribution in [2.75, 3.05) is 19.7 Å². The maximum atomic E-state index is 11.6. The van der Waals surface area contributed by atoms with Crippen molar-refractivity contribution in [2.24, 2.45) is 0 Å². The topological polar surface area (TPSA) is 29.5 Å². The molecule has 0 bridgehead atoms. The van der Waals surface area contributed by atoms with Crippen LogP contribution >= 0.6 is 0 Å². The number of carbonyl (C=O) groups excluding carboxylic acids is 1. The highest BCUT2D eigenvalue weighted by molar-refractivity contribution is 5.67. The van der Waals surface area contributed by atoms with E-state index >= 15 is 0 Å². The summed E-state index contributed by atoms with van der Waals surface area (Å²) in [6.45, 7) is 6.08. The molecular formula is C16H29NO2. The van der Waals surface area contributed by atoms with Gasteiger partial charge in [0.05, 0.1) is 6.61 Å². The number of nitrogens with zero attached hydrogens (tertiary/aromatic N) is 1. The van der Waals surface area contributed by atoms with Gasteiger partial charge in [0.15, 0.2) is 0 Å². The van der Waals surface area contributed by atoms with Crippen molar-refractivity contribution in [3.05, 3.63) is 12.7 Å². The van der Waals surface area contributed by atoms with Crippen molar-refractivity contribution in [3.8, 4) is 0 Å². The van der Waals surface area contributed by atoms with Crippen molar-refractivity contribution in [1.29, 1.82) is 0 Å². The molecule has 1 amide bonds. The highest BCUT2D eigenvalue weighted by Crippen LogP contribution is 2.11. The Hall–Kier alpha value is -0.990. The van der Waals surface area contributed by atoms with Crippen LogP contribution in [-0.4, -0.2) is 30.7 Å². The van der Waals surface area contributed by atoms with E-state index in [9.17, 15) is 4.79 Å². The first kappa shape index (κ1) is 16.1. The minimum atomic E-state index is -0.109. The van der Waals surface area contributed by atoms with Crippen LogP contribution in [0.3, 0.4) is 0 Å². The maximum Gasteiger partial charge on any atom is 0.409 e. The first-order valence-electron chi connectivity index (χ1n) is 7.87. The molecule has 0 unspecified atom stereocenters. The predicted molar refractivity (Wildman–Crippen MR) is 79.3 cm³/mol. The molecule has 19 heavy (non-hydrogen) atoms. The molecule has 0 aromatic carbocycles. The Labute approximate surface area is 118 Å². The van der Waals surface area contributed by atoms with Crippen LogP contribution in [-0.2, 0) is 4.74 Å². The lowest BCUT2D eigenvalue weighted by Gasteiger charge is -2.18. The van der Waals surface area contributed by atoms with Gasteiger partial charge in [0.25, 0.3) is 0 Å². The molecular weight excluding hydrogens is 238 g/mol. The Morgan fingerprint density at radius 1 is 1.05 bits per heavy atom.